The maximum Gasteiger partial charge on any atom is 0.0714 e. The first-order valence-electron chi connectivity index (χ1n) is 24.2. The van der Waals surface area contributed by atoms with Crippen molar-refractivity contribution in [3.05, 3.63) is 294 Å². The van der Waals surface area contributed by atoms with Crippen molar-refractivity contribution in [2.75, 3.05) is 4.90 Å². The molecule has 2 aliphatic rings. The number of hydrogen-bond donors (Lipinski definition) is 0. The third-order valence-corrected chi connectivity index (χ3v) is 15.1. The molecule has 0 heterocycles. The maximum absolute atomic E-state index is 2.59. The molecule has 1 heteroatoms. The summed E-state index contributed by atoms with van der Waals surface area (Å²) in [6.07, 6.45) is 0. The molecule has 0 aliphatic heterocycles. The predicted octanol–water partition coefficient (Wildman–Crippen LogP) is 18.0. The largest absolute Gasteiger partial charge is 0.309 e. The number of fused-ring (bicyclic) bond motifs is 7. The standard InChI is InChI=1S/C68H49N/c1-67(2)60-38-19-17-34-55(60)57-36-21-37-58(66(57)67)59-43-48-27-15-16-28-49(48)44-64(59)69(63-40-22-35-53(46-23-7-3-8-24-46)65(63)47-25-9-4-10-26-47)52-41-42-56-54-33-18-20-39-61(54)68(62(56)45-52,50-29-11-5-12-30-50)51-31-13-6-14-32-51/h3-45H,1-2H3. The van der Waals surface area contributed by atoms with Crippen molar-refractivity contribution in [3.63, 3.8) is 0 Å². The Labute approximate surface area is 405 Å². The first kappa shape index (κ1) is 40.7. The van der Waals surface area contributed by atoms with Crippen molar-refractivity contribution in [2.45, 2.75) is 24.7 Å². The summed E-state index contributed by atoms with van der Waals surface area (Å²) in [5.41, 5.74) is 22.6. The van der Waals surface area contributed by atoms with E-state index in [9.17, 15) is 0 Å². The summed E-state index contributed by atoms with van der Waals surface area (Å²) in [5.74, 6) is 0. The van der Waals surface area contributed by atoms with E-state index in [0.717, 1.165) is 22.6 Å². The van der Waals surface area contributed by atoms with Crippen molar-refractivity contribution < 1.29 is 0 Å². The molecule has 0 spiro atoms. The number of nitrogens with zero attached hydrogens (tertiary/aromatic N) is 1. The first-order valence-corrected chi connectivity index (χ1v) is 24.2. The van der Waals surface area contributed by atoms with E-state index in [-0.39, 0.29) is 5.41 Å². The lowest BCUT2D eigenvalue weighted by Crippen LogP contribution is -2.28. The van der Waals surface area contributed by atoms with Crippen LogP contribution in [0.3, 0.4) is 0 Å². The first-order chi connectivity index (χ1) is 34.0. The van der Waals surface area contributed by atoms with Crippen molar-refractivity contribution in [3.8, 4) is 55.6 Å². The van der Waals surface area contributed by atoms with E-state index in [1.165, 1.54) is 94.2 Å². The van der Waals surface area contributed by atoms with Crippen molar-refractivity contribution >= 4 is 27.8 Å². The molecule has 326 valence electrons. The lowest BCUT2D eigenvalue weighted by Gasteiger charge is -2.36. The highest BCUT2D eigenvalue weighted by molar-refractivity contribution is 6.05. The molecule has 0 N–H and O–H groups in total. The number of anilines is 3. The van der Waals surface area contributed by atoms with Crippen LogP contribution in [0.2, 0.25) is 0 Å². The van der Waals surface area contributed by atoms with Gasteiger partial charge in [0.2, 0.25) is 0 Å². The van der Waals surface area contributed by atoms with E-state index < -0.39 is 5.41 Å². The molecule has 0 saturated carbocycles. The Morgan fingerprint density at radius 1 is 0.304 bits per heavy atom. The molecule has 0 saturated heterocycles. The van der Waals surface area contributed by atoms with Crippen LogP contribution in [0.5, 0.6) is 0 Å². The number of rotatable bonds is 8. The van der Waals surface area contributed by atoms with Crippen LogP contribution in [0.4, 0.5) is 17.1 Å². The van der Waals surface area contributed by atoms with Crippen molar-refractivity contribution in [1.82, 2.24) is 0 Å². The van der Waals surface area contributed by atoms with Crippen LogP contribution in [-0.2, 0) is 10.8 Å². The summed E-state index contributed by atoms with van der Waals surface area (Å²) in [6.45, 7) is 4.81. The van der Waals surface area contributed by atoms with Gasteiger partial charge in [0.05, 0.1) is 16.8 Å². The molecule has 1 nitrogen and oxygen atoms in total. The minimum absolute atomic E-state index is 0.233. The van der Waals surface area contributed by atoms with Crippen LogP contribution in [0.1, 0.15) is 47.2 Å². The Morgan fingerprint density at radius 3 is 1.45 bits per heavy atom. The van der Waals surface area contributed by atoms with Crippen LogP contribution in [0.25, 0.3) is 66.4 Å². The van der Waals surface area contributed by atoms with Gasteiger partial charge in [0.1, 0.15) is 0 Å². The van der Waals surface area contributed by atoms with E-state index in [1.807, 2.05) is 0 Å². The summed E-state index contributed by atoms with van der Waals surface area (Å²) in [5, 5.41) is 2.40. The number of hydrogen-bond acceptors (Lipinski definition) is 1. The summed E-state index contributed by atoms with van der Waals surface area (Å²) >= 11 is 0. The third kappa shape index (κ3) is 6.24. The monoisotopic (exact) mass is 879 g/mol. The summed E-state index contributed by atoms with van der Waals surface area (Å²) in [7, 11) is 0. The van der Waals surface area contributed by atoms with Crippen LogP contribution in [-0.4, -0.2) is 0 Å². The molecular formula is C68H49N. The van der Waals surface area contributed by atoms with Gasteiger partial charge in [-0.05, 0) is 119 Å². The quantitative estimate of drug-likeness (QED) is 0.147. The van der Waals surface area contributed by atoms with Crippen molar-refractivity contribution in [1.29, 1.82) is 0 Å². The Morgan fingerprint density at radius 2 is 0.783 bits per heavy atom. The Kier molecular flexibility index (Phi) is 9.49. The summed E-state index contributed by atoms with van der Waals surface area (Å²) in [6, 6.07) is 97.1. The minimum Gasteiger partial charge on any atom is -0.309 e. The molecule has 0 atom stereocenters. The summed E-state index contributed by atoms with van der Waals surface area (Å²) < 4.78 is 0. The molecule has 0 fully saturated rings. The zero-order valence-electron chi connectivity index (χ0n) is 38.8. The second kappa shape index (κ2) is 16.1. The molecule has 0 amide bonds. The van der Waals surface area contributed by atoms with Gasteiger partial charge in [0.25, 0.3) is 0 Å². The lowest BCUT2D eigenvalue weighted by molar-refractivity contribution is 0.662. The van der Waals surface area contributed by atoms with Crippen LogP contribution in [0.15, 0.2) is 261 Å². The average Bonchev–Trinajstić information content (AvgIpc) is 3.84. The topological polar surface area (TPSA) is 3.24 Å². The van der Waals surface area contributed by atoms with Crippen molar-refractivity contribution in [2.24, 2.45) is 0 Å². The number of benzene rings is 11. The third-order valence-electron chi connectivity index (χ3n) is 15.1. The van der Waals surface area contributed by atoms with Gasteiger partial charge >= 0.3 is 0 Å². The molecule has 0 radical (unpaired) electrons. The highest BCUT2D eigenvalue weighted by Crippen LogP contribution is 2.59. The second-order valence-corrected chi connectivity index (χ2v) is 19.1. The highest BCUT2D eigenvalue weighted by atomic mass is 15.1. The zero-order chi connectivity index (χ0) is 46.1. The van der Waals surface area contributed by atoms with E-state index in [4.69, 9.17) is 0 Å². The molecule has 11 aromatic rings. The van der Waals surface area contributed by atoms with E-state index in [1.54, 1.807) is 0 Å². The molecule has 0 unspecified atom stereocenters. The van der Waals surface area contributed by atoms with Gasteiger partial charge in [-0.2, -0.15) is 0 Å². The highest BCUT2D eigenvalue weighted by Gasteiger charge is 2.46. The Bertz CT molecular complexity index is 3700. The Balaban J connectivity index is 1.17. The molecule has 0 bridgehead atoms. The smallest absolute Gasteiger partial charge is 0.0714 e. The molecular weight excluding hydrogens is 831 g/mol. The van der Waals surface area contributed by atoms with Crippen LogP contribution < -0.4 is 4.90 Å². The van der Waals surface area contributed by atoms with Gasteiger partial charge in [-0.3, -0.25) is 0 Å². The van der Waals surface area contributed by atoms with Crippen LogP contribution >= 0.6 is 0 Å². The van der Waals surface area contributed by atoms with Crippen LogP contribution in [0, 0.1) is 0 Å². The van der Waals surface area contributed by atoms with Gasteiger partial charge in [-0.1, -0.05) is 244 Å². The SMILES string of the molecule is CC1(C)c2ccccc2-c2cccc(-c3cc4ccccc4cc3N(c3ccc4c(c3)C(c3ccccc3)(c3ccccc3)c3ccccc3-4)c3cccc(-c4ccccc4)c3-c3ccccc3)c21. The second-order valence-electron chi connectivity index (χ2n) is 19.1. The average molecular weight is 880 g/mol. The molecule has 13 rings (SSSR count). The van der Waals surface area contributed by atoms with E-state index in [2.05, 4.69) is 280 Å². The minimum atomic E-state index is -0.577. The van der Waals surface area contributed by atoms with Gasteiger partial charge in [0, 0.05) is 22.2 Å². The maximum atomic E-state index is 2.59. The fraction of sp³-hybridized carbons (Fsp3) is 0.0588. The Hall–Kier alpha value is -8.52. The van der Waals surface area contributed by atoms with Gasteiger partial charge in [-0.15, -0.1) is 0 Å². The predicted molar refractivity (Wildman–Crippen MR) is 290 cm³/mol. The zero-order valence-corrected chi connectivity index (χ0v) is 38.8. The molecule has 2 aliphatic carbocycles. The normalized spacial score (nSPS) is 13.6. The van der Waals surface area contributed by atoms with Gasteiger partial charge in [-0.25, -0.2) is 0 Å². The lowest BCUT2D eigenvalue weighted by atomic mass is 9.67. The fourth-order valence-electron chi connectivity index (χ4n) is 12.2. The molecule has 11 aromatic carbocycles. The summed E-state index contributed by atoms with van der Waals surface area (Å²) in [4.78, 5) is 2.59. The molecule has 0 aromatic heterocycles. The van der Waals surface area contributed by atoms with E-state index >= 15 is 0 Å². The van der Waals surface area contributed by atoms with Gasteiger partial charge < -0.3 is 4.90 Å². The molecule has 69 heavy (non-hydrogen) atoms. The fourth-order valence-corrected chi connectivity index (χ4v) is 12.2. The van der Waals surface area contributed by atoms with E-state index in [0.29, 0.717) is 0 Å². The van der Waals surface area contributed by atoms with Gasteiger partial charge in [0.15, 0.2) is 0 Å².